The van der Waals surface area contributed by atoms with Crippen molar-refractivity contribution in [3.05, 3.63) is 12.2 Å². The van der Waals surface area contributed by atoms with Crippen molar-refractivity contribution >= 4 is 35.4 Å². The second kappa shape index (κ2) is 14.9. The molecule has 0 unspecified atom stereocenters. The summed E-state index contributed by atoms with van der Waals surface area (Å²) in [6.45, 7) is 7.70. The van der Waals surface area contributed by atoms with Gasteiger partial charge in [0.1, 0.15) is 6.04 Å². The summed E-state index contributed by atoms with van der Waals surface area (Å²) in [5.41, 5.74) is 5.05. The summed E-state index contributed by atoms with van der Waals surface area (Å²) in [5, 5.41) is 7.98. The van der Waals surface area contributed by atoms with Crippen LogP contribution < -0.4 is 21.7 Å². The third-order valence-electron chi connectivity index (χ3n) is 5.65. The predicted octanol–water partition coefficient (Wildman–Crippen LogP) is 0.771. The van der Waals surface area contributed by atoms with Crippen molar-refractivity contribution in [2.75, 3.05) is 13.1 Å². The van der Waals surface area contributed by atoms with E-state index in [9.17, 15) is 28.8 Å². The van der Waals surface area contributed by atoms with Gasteiger partial charge < -0.3 is 21.7 Å². The fraction of sp³-hybridized carbons (Fsp3) is 0.667. The van der Waals surface area contributed by atoms with E-state index in [1.54, 1.807) is 27.7 Å². The van der Waals surface area contributed by atoms with Gasteiger partial charge in [0.25, 0.3) is 11.8 Å². The highest BCUT2D eigenvalue weighted by Gasteiger charge is 2.29. The first-order valence-corrected chi connectivity index (χ1v) is 12.1. The molecule has 1 aliphatic heterocycles. The van der Waals surface area contributed by atoms with Gasteiger partial charge in [-0.2, -0.15) is 0 Å². The van der Waals surface area contributed by atoms with Gasteiger partial charge in [-0.05, 0) is 31.6 Å². The molecule has 1 heterocycles. The molecule has 0 aromatic heterocycles. The standard InChI is InChI=1S/C24H39N5O6/c1-15(2)21(23(34)27-17(22(33)16(3)4)9-8-13-26-24(25)35)28-18(30)10-6-5-7-14-29-19(31)11-12-20(29)32/h11-12,15-17,21H,5-10,13-14H2,1-4H3,(H,27,34)(H,28,30)(H3,25,26,35)/t17-,21-/m0/s1. The molecule has 0 bridgehead atoms. The van der Waals surface area contributed by atoms with Gasteiger partial charge in [-0.1, -0.05) is 34.1 Å². The van der Waals surface area contributed by atoms with Crippen molar-refractivity contribution in [2.24, 2.45) is 17.6 Å². The van der Waals surface area contributed by atoms with Crippen LogP contribution in [0.1, 0.15) is 66.2 Å². The first-order valence-electron chi connectivity index (χ1n) is 12.1. The van der Waals surface area contributed by atoms with E-state index in [1.807, 2.05) is 0 Å². The van der Waals surface area contributed by atoms with Gasteiger partial charge in [0.2, 0.25) is 11.8 Å². The first kappa shape index (κ1) is 29.8. The Hall–Kier alpha value is -3.24. The van der Waals surface area contributed by atoms with E-state index < -0.39 is 24.0 Å². The van der Waals surface area contributed by atoms with E-state index in [0.717, 1.165) is 4.90 Å². The Morgan fingerprint density at radius 3 is 2.09 bits per heavy atom. The number of hydrogen-bond acceptors (Lipinski definition) is 6. The van der Waals surface area contributed by atoms with Gasteiger partial charge in [0.05, 0.1) is 6.04 Å². The number of nitrogens with one attached hydrogen (secondary N) is 3. The van der Waals surface area contributed by atoms with Crippen LogP contribution in [0.5, 0.6) is 0 Å². The normalized spacial score (nSPS) is 14.9. The number of rotatable bonds is 16. The number of unbranched alkanes of at least 4 members (excludes halogenated alkanes) is 2. The van der Waals surface area contributed by atoms with E-state index in [1.165, 1.54) is 12.2 Å². The number of nitrogens with zero attached hydrogens (tertiary/aromatic N) is 1. The minimum absolute atomic E-state index is 0.128. The number of urea groups is 1. The molecule has 2 atom stereocenters. The van der Waals surface area contributed by atoms with Crippen LogP contribution in [0.2, 0.25) is 0 Å². The minimum atomic E-state index is -0.806. The maximum Gasteiger partial charge on any atom is 0.312 e. The van der Waals surface area contributed by atoms with Gasteiger partial charge in [-0.15, -0.1) is 0 Å². The lowest BCUT2D eigenvalue weighted by atomic mass is 9.96. The lowest BCUT2D eigenvalue weighted by Gasteiger charge is -2.26. The second-order valence-electron chi connectivity index (χ2n) is 9.31. The molecule has 196 valence electrons. The van der Waals surface area contributed by atoms with Crippen LogP contribution in [-0.2, 0) is 24.0 Å². The summed E-state index contributed by atoms with van der Waals surface area (Å²) in [5.74, 6) is -1.99. The van der Waals surface area contributed by atoms with Gasteiger partial charge >= 0.3 is 6.03 Å². The highest BCUT2D eigenvalue weighted by atomic mass is 16.2. The summed E-state index contributed by atoms with van der Waals surface area (Å²) < 4.78 is 0. The Balaban J connectivity index is 2.53. The maximum absolute atomic E-state index is 12.9. The van der Waals surface area contributed by atoms with Crippen molar-refractivity contribution in [3.8, 4) is 0 Å². The molecule has 35 heavy (non-hydrogen) atoms. The molecule has 0 aromatic rings. The Labute approximate surface area is 206 Å². The number of carbonyl (C=O) groups is 6. The summed E-state index contributed by atoms with van der Waals surface area (Å²) in [7, 11) is 0. The molecule has 0 spiro atoms. The molecule has 0 fully saturated rings. The summed E-state index contributed by atoms with van der Waals surface area (Å²) in [4.78, 5) is 73.1. The number of primary amides is 1. The zero-order chi connectivity index (χ0) is 26.5. The lowest BCUT2D eigenvalue weighted by Crippen LogP contribution is -2.54. The molecule has 0 aromatic carbocycles. The third kappa shape index (κ3) is 10.7. The van der Waals surface area contributed by atoms with Gasteiger partial charge in [0, 0.05) is 37.6 Å². The summed E-state index contributed by atoms with van der Waals surface area (Å²) >= 11 is 0. The maximum atomic E-state index is 12.9. The molecule has 0 aliphatic carbocycles. The zero-order valence-corrected chi connectivity index (χ0v) is 21.1. The molecule has 5 N–H and O–H groups in total. The molecule has 11 heteroatoms. The molecule has 1 rings (SSSR count). The SMILES string of the molecule is CC(C)C(=O)[C@H](CCCNC(N)=O)NC(=O)[C@@H](NC(=O)CCCCCN1C(=O)C=CC1=O)C(C)C. The smallest absolute Gasteiger partial charge is 0.312 e. The number of Topliss-reactive ketones (excluding diaryl/α,β-unsaturated/α-hetero) is 1. The third-order valence-corrected chi connectivity index (χ3v) is 5.65. The van der Waals surface area contributed by atoms with Crippen LogP contribution in [0.15, 0.2) is 12.2 Å². The molecule has 0 saturated carbocycles. The Morgan fingerprint density at radius 1 is 0.914 bits per heavy atom. The largest absolute Gasteiger partial charge is 0.352 e. The monoisotopic (exact) mass is 493 g/mol. The van der Waals surface area contributed by atoms with Crippen LogP contribution in [0, 0.1) is 11.8 Å². The fourth-order valence-corrected chi connectivity index (χ4v) is 3.63. The Bertz CT molecular complexity index is 805. The van der Waals surface area contributed by atoms with E-state index in [-0.39, 0.29) is 48.3 Å². The average Bonchev–Trinajstić information content (AvgIpc) is 3.10. The molecule has 6 amide bonds. The molecular formula is C24H39N5O6. The average molecular weight is 494 g/mol. The van der Waals surface area contributed by atoms with E-state index in [2.05, 4.69) is 16.0 Å². The summed E-state index contributed by atoms with van der Waals surface area (Å²) in [6.07, 6.45) is 5.24. The van der Waals surface area contributed by atoms with Crippen molar-refractivity contribution in [1.29, 1.82) is 0 Å². The number of nitrogens with two attached hydrogens (primary N) is 1. The highest BCUT2D eigenvalue weighted by molar-refractivity contribution is 6.12. The van der Waals surface area contributed by atoms with E-state index in [0.29, 0.717) is 38.6 Å². The van der Waals surface area contributed by atoms with Crippen molar-refractivity contribution in [3.63, 3.8) is 0 Å². The van der Waals surface area contributed by atoms with Crippen LogP contribution >= 0.6 is 0 Å². The number of amides is 6. The topological polar surface area (TPSA) is 168 Å². The van der Waals surface area contributed by atoms with Gasteiger partial charge in [0.15, 0.2) is 5.78 Å². The van der Waals surface area contributed by atoms with E-state index >= 15 is 0 Å². The summed E-state index contributed by atoms with van der Waals surface area (Å²) in [6, 6.07) is -2.20. The number of imide groups is 1. The number of carbonyl (C=O) groups excluding carboxylic acids is 6. The Morgan fingerprint density at radius 2 is 1.54 bits per heavy atom. The molecular weight excluding hydrogens is 454 g/mol. The van der Waals surface area contributed by atoms with Gasteiger partial charge in [-0.3, -0.25) is 28.9 Å². The molecule has 11 nitrogen and oxygen atoms in total. The highest BCUT2D eigenvalue weighted by Crippen LogP contribution is 2.11. The number of ketones is 1. The van der Waals surface area contributed by atoms with E-state index in [4.69, 9.17) is 5.73 Å². The lowest BCUT2D eigenvalue weighted by molar-refractivity contribution is -0.137. The molecule has 0 saturated heterocycles. The second-order valence-corrected chi connectivity index (χ2v) is 9.31. The van der Waals surface area contributed by atoms with Crippen molar-refractivity contribution in [1.82, 2.24) is 20.9 Å². The van der Waals surface area contributed by atoms with Gasteiger partial charge in [-0.25, -0.2) is 4.79 Å². The van der Waals surface area contributed by atoms with Crippen molar-refractivity contribution in [2.45, 2.75) is 78.3 Å². The molecule has 1 aliphatic rings. The zero-order valence-electron chi connectivity index (χ0n) is 21.1. The van der Waals surface area contributed by atoms with Crippen LogP contribution in [-0.4, -0.2) is 65.5 Å². The quantitative estimate of drug-likeness (QED) is 0.183. The number of hydrogen-bond donors (Lipinski definition) is 4. The first-order chi connectivity index (χ1) is 16.4. The van der Waals surface area contributed by atoms with Crippen molar-refractivity contribution < 1.29 is 28.8 Å². The molecule has 0 radical (unpaired) electrons. The van der Waals surface area contributed by atoms with Crippen LogP contribution in [0.3, 0.4) is 0 Å². The predicted molar refractivity (Wildman–Crippen MR) is 130 cm³/mol. The Kier molecular flexibility index (Phi) is 12.7. The minimum Gasteiger partial charge on any atom is -0.352 e. The van der Waals surface area contributed by atoms with Crippen LogP contribution in [0.25, 0.3) is 0 Å². The van der Waals surface area contributed by atoms with Crippen LogP contribution in [0.4, 0.5) is 4.79 Å². The fourth-order valence-electron chi connectivity index (χ4n) is 3.63.